The number of carbonyl (C=O) groups is 2. The molecule has 0 bridgehead atoms. The molecule has 0 aliphatic heterocycles. The number of aliphatic carboxylic acids is 1. The van der Waals surface area contributed by atoms with Gasteiger partial charge in [0.15, 0.2) is 0 Å². The molecule has 0 heterocycles. The van der Waals surface area contributed by atoms with E-state index >= 15 is 0 Å². The van der Waals surface area contributed by atoms with Gasteiger partial charge in [0.25, 0.3) is 5.91 Å². The van der Waals surface area contributed by atoms with E-state index in [-0.39, 0.29) is 0 Å². The molecular formula is C14H18ClNO3S. The zero-order chi connectivity index (χ0) is 15.1. The Bertz CT molecular complexity index is 493. The fraction of sp³-hybridized carbons (Fsp3) is 0.429. The fourth-order valence-corrected chi connectivity index (χ4v) is 2.35. The second-order valence-electron chi connectivity index (χ2n) is 4.35. The lowest BCUT2D eigenvalue weighted by Gasteiger charge is -2.15. The van der Waals surface area contributed by atoms with E-state index in [0.29, 0.717) is 17.0 Å². The number of benzene rings is 1. The van der Waals surface area contributed by atoms with E-state index in [9.17, 15) is 9.59 Å². The second-order valence-corrected chi connectivity index (χ2v) is 5.64. The quantitative estimate of drug-likeness (QED) is 0.756. The number of nitrogens with one attached hydrogen (secondary N) is 1. The molecule has 0 aromatic heterocycles. The third-order valence-electron chi connectivity index (χ3n) is 2.87. The molecule has 1 rings (SSSR count). The van der Waals surface area contributed by atoms with Crippen molar-refractivity contribution in [2.45, 2.75) is 37.1 Å². The van der Waals surface area contributed by atoms with Crippen LogP contribution in [0.2, 0.25) is 5.02 Å². The van der Waals surface area contributed by atoms with Crippen molar-refractivity contribution >= 4 is 35.2 Å². The topological polar surface area (TPSA) is 66.4 Å². The van der Waals surface area contributed by atoms with Gasteiger partial charge < -0.3 is 10.4 Å². The van der Waals surface area contributed by atoms with Crippen LogP contribution in [0.15, 0.2) is 23.1 Å². The van der Waals surface area contributed by atoms with Crippen LogP contribution in [0, 0.1) is 0 Å². The van der Waals surface area contributed by atoms with Crippen LogP contribution >= 0.6 is 23.4 Å². The Kier molecular flexibility index (Phi) is 6.88. The number of unbranched alkanes of at least 4 members (excludes halogenated alkanes) is 1. The minimum absolute atomic E-state index is 0.307. The molecule has 4 nitrogen and oxygen atoms in total. The van der Waals surface area contributed by atoms with Crippen LogP contribution < -0.4 is 5.32 Å². The zero-order valence-corrected chi connectivity index (χ0v) is 13.1. The molecule has 1 aromatic carbocycles. The van der Waals surface area contributed by atoms with E-state index in [0.717, 1.165) is 17.7 Å². The van der Waals surface area contributed by atoms with Gasteiger partial charge in [0.1, 0.15) is 6.04 Å². The van der Waals surface area contributed by atoms with Crippen LogP contribution in [0.4, 0.5) is 0 Å². The number of rotatable bonds is 7. The van der Waals surface area contributed by atoms with E-state index in [1.165, 1.54) is 11.8 Å². The highest BCUT2D eigenvalue weighted by Gasteiger charge is 2.21. The zero-order valence-electron chi connectivity index (χ0n) is 11.5. The monoisotopic (exact) mass is 315 g/mol. The summed E-state index contributed by atoms with van der Waals surface area (Å²) in [6, 6.07) is 4.25. The summed E-state index contributed by atoms with van der Waals surface area (Å²) in [5, 5.41) is 12.0. The first-order valence-corrected chi connectivity index (χ1v) is 7.97. The number of hydrogen-bond acceptors (Lipinski definition) is 3. The maximum atomic E-state index is 12.1. The van der Waals surface area contributed by atoms with Gasteiger partial charge in [0.2, 0.25) is 0 Å². The van der Waals surface area contributed by atoms with Crippen molar-refractivity contribution in [3.05, 3.63) is 28.8 Å². The lowest BCUT2D eigenvalue weighted by atomic mass is 10.1. The molecule has 0 fully saturated rings. The van der Waals surface area contributed by atoms with Crippen molar-refractivity contribution in [1.82, 2.24) is 5.32 Å². The highest BCUT2D eigenvalue weighted by Crippen LogP contribution is 2.23. The van der Waals surface area contributed by atoms with E-state index in [1.54, 1.807) is 12.1 Å². The first kappa shape index (κ1) is 16.9. The largest absolute Gasteiger partial charge is 0.480 e. The Hall–Kier alpha value is -1.20. The smallest absolute Gasteiger partial charge is 0.326 e. The van der Waals surface area contributed by atoms with Crippen molar-refractivity contribution in [2.75, 3.05) is 6.26 Å². The molecule has 0 radical (unpaired) electrons. The lowest BCUT2D eigenvalue weighted by molar-refractivity contribution is -0.139. The molecule has 0 aliphatic rings. The number of amides is 1. The predicted molar refractivity (Wildman–Crippen MR) is 81.6 cm³/mol. The molecular weight excluding hydrogens is 298 g/mol. The van der Waals surface area contributed by atoms with Gasteiger partial charge in [-0.25, -0.2) is 4.79 Å². The highest BCUT2D eigenvalue weighted by molar-refractivity contribution is 7.98. The van der Waals surface area contributed by atoms with Crippen LogP contribution in [-0.4, -0.2) is 29.3 Å². The number of halogens is 1. The average Bonchev–Trinajstić information content (AvgIpc) is 2.43. The summed E-state index contributed by atoms with van der Waals surface area (Å²) < 4.78 is 0. The minimum Gasteiger partial charge on any atom is -0.480 e. The number of carboxylic acids is 1. The van der Waals surface area contributed by atoms with Crippen molar-refractivity contribution in [2.24, 2.45) is 0 Å². The van der Waals surface area contributed by atoms with E-state index in [4.69, 9.17) is 16.7 Å². The third kappa shape index (κ3) is 4.72. The van der Waals surface area contributed by atoms with E-state index < -0.39 is 17.9 Å². The van der Waals surface area contributed by atoms with Crippen LogP contribution in [0.3, 0.4) is 0 Å². The molecule has 1 unspecified atom stereocenters. The first-order valence-electron chi connectivity index (χ1n) is 6.36. The van der Waals surface area contributed by atoms with E-state index in [1.807, 2.05) is 19.2 Å². The third-order valence-corrected chi connectivity index (χ3v) is 3.92. The van der Waals surface area contributed by atoms with Crippen molar-refractivity contribution in [3.63, 3.8) is 0 Å². The van der Waals surface area contributed by atoms with Crippen molar-refractivity contribution < 1.29 is 14.7 Å². The molecule has 1 aromatic rings. The Labute approximate surface area is 127 Å². The Morgan fingerprint density at radius 3 is 2.70 bits per heavy atom. The van der Waals surface area contributed by atoms with Crippen molar-refractivity contribution in [1.29, 1.82) is 0 Å². The van der Waals surface area contributed by atoms with Gasteiger partial charge in [-0.1, -0.05) is 31.4 Å². The summed E-state index contributed by atoms with van der Waals surface area (Å²) in [7, 11) is 0. The Morgan fingerprint density at radius 1 is 1.45 bits per heavy atom. The standard InChI is InChI=1S/C14H18ClNO3S/c1-3-4-5-12(14(18)19)16-13(17)10-8-9(20-2)6-7-11(10)15/h6-8,12H,3-5H2,1-2H3,(H,16,17)(H,18,19). The number of thioether (sulfide) groups is 1. The minimum atomic E-state index is -1.02. The molecule has 1 atom stereocenters. The average molecular weight is 316 g/mol. The van der Waals surface area contributed by atoms with Gasteiger partial charge in [0, 0.05) is 4.90 Å². The van der Waals surface area contributed by atoms with Gasteiger partial charge >= 0.3 is 5.97 Å². The summed E-state index contributed by atoms with van der Waals surface area (Å²) in [6.07, 6.45) is 3.93. The van der Waals surface area contributed by atoms with Gasteiger partial charge in [-0.05, 0) is 30.9 Å². The Balaban J connectivity index is 2.85. The second kappa shape index (κ2) is 8.17. The summed E-state index contributed by atoms with van der Waals surface area (Å²) in [5.74, 6) is -1.47. The summed E-state index contributed by atoms with van der Waals surface area (Å²) in [5.41, 5.74) is 0.307. The van der Waals surface area contributed by atoms with Crippen LogP contribution in [0.25, 0.3) is 0 Å². The molecule has 0 spiro atoms. The summed E-state index contributed by atoms with van der Waals surface area (Å²) in [4.78, 5) is 24.2. The molecule has 1 amide bonds. The van der Waals surface area contributed by atoms with Gasteiger partial charge in [-0.15, -0.1) is 11.8 Å². The summed E-state index contributed by atoms with van der Waals surface area (Å²) >= 11 is 7.49. The van der Waals surface area contributed by atoms with Crippen molar-refractivity contribution in [3.8, 4) is 0 Å². The van der Waals surface area contributed by atoms with E-state index in [2.05, 4.69) is 5.32 Å². The van der Waals surface area contributed by atoms with Crippen LogP contribution in [0.5, 0.6) is 0 Å². The normalized spacial score (nSPS) is 11.9. The van der Waals surface area contributed by atoms with Gasteiger partial charge in [-0.3, -0.25) is 4.79 Å². The molecule has 0 aliphatic carbocycles. The SMILES string of the molecule is CCCCC(NC(=O)c1cc(SC)ccc1Cl)C(=O)O. The highest BCUT2D eigenvalue weighted by atomic mass is 35.5. The molecule has 20 heavy (non-hydrogen) atoms. The number of hydrogen-bond donors (Lipinski definition) is 2. The maximum absolute atomic E-state index is 12.1. The maximum Gasteiger partial charge on any atom is 0.326 e. The fourth-order valence-electron chi connectivity index (χ4n) is 1.71. The molecule has 110 valence electrons. The molecule has 2 N–H and O–H groups in total. The predicted octanol–water partition coefficient (Wildman–Crippen LogP) is 3.44. The van der Waals surface area contributed by atoms with Crippen LogP contribution in [0.1, 0.15) is 36.5 Å². The molecule has 0 saturated carbocycles. The first-order chi connectivity index (χ1) is 9.49. The number of carboxylic acid groups (broad SMARTS) is 1. The van der Waals surface area contributed by atoms with Crippen LogP contribution in [-0.2, 0) is 4.79 Å². The molecule has 6 heteroatoms. The van der Waals surface area contributed by atoms with Gasteiger partial charge in [0.05, 0.1) is 10.6 Å². The Morgan fingerprint density at radius 2 is 2.15 bits per heavy atom. The summed E-state index contributed by atoms with van der Waals surface area (Å²) in [6.45, 7) is 1.97. The molecule has 0 saturated heterocycles. The number of carbonyl (C=O) groups excluding carboxylic acids is 1. The lowest BCUT2D eigenvalue weighted by Crippen LogP contribution is -2.40. The van der Waals surface area contributed by atoms with Gasteiger partial charge in [-0.2, -0.15) is 0 Å².